The summed E-state index contributed by atoms with van der Waals surface area (Å²) in [7, 11) is 0. The van der Waals surface area contributed by atoms with Crippen LogP contribution in [0.2, 0.25) is 0 Å². The van der Waals surface area contributed by atoms with Gasteiger partial charge in [-0.15, -0.1) is 11.8 Å². The van der Waals surface area contributed by atoms with Crippen molar-refractivity contribution >= 4 is 76.1 Å². The van der Waals surface area contributed by atoms with Crippen LogP contribution in [0.15, 0.2) is 40.0 Å². The van der Waals surface area contributed by atoms with Gasteiger partial charge >= 0.3 is 18.0 Å². The average molecular weight is 586 g/mol. The smallest absolute Gasteiger partial charge is 0.412 e. The second kappa shape index (κ2) is 11.7. The molecule has 14 heteroatoms. The molecule has 0 aliphatic carbocycles. The fraction of sp³-hybridized carbons (Fsp3) is 0.375. The van der Waals surface area contributed by atoms with Gasteiger partial charge in [0.05, 0.1) is 5.57 Å². The quantitative estimate of drug-likeness (QED) is 0.248. The molecule has 0 radical (unpaired) electrons. The van der Waals surface area contributed by atoms with Crippen molar-refractivity contribution in [3.63, 3.8) is 0 Å². The zero-order valence-corrected chi connectivity index (χ0v) is 23.1. The molecule has 3 N–H and O–H groups in total. The molecule has 0 bridgehead atoms. The number of amides is 3. The Balaban J connectivity index is 1.72. The Morgan fingerprint density at radius 3 is 2.32 bits per heavy atom. The van der Waals surface area contributed by atoms with E-state index in [9.17, 15) is 29.1 Å². The predicted molar refractivity (Wildman–Crippen MR) is 141 cm³/mol. The Kier molecular flexibility index (Phi) is 9.01. The number of carboxylic acids is 1. The van der Waals surface area contributed by atoms with E-state index in [4.69, 9.17) is 32.7 Å². The molecular formula is C24H25Cl2N3O8S. The standard InChI is InChI=1S/C24H25Cl2N3O8S/c1-11(30)36-9-13-10-38-21-16(20(32)29(21)17(13)22(33)34)28-19(31)15(18(25)26)12-5-7-14(8-6-12)27-23(35)37-24(2,3)4/h5-8,16,21H,9-10H2,1-4H3,(H,27,35)(H,28,31)(H,33,34)/t16?,21-/m1/s1. The molecule has 1 unspecified atom stereocenters. The third-order valence-electron chi connectivity index (χ3n) is 5.22. The number of thioether (sulfide) groups is 1. The fourth-order valence-corrected chi connectivity index (χ4v) is 5.38. The minimum atomic E-state index is -1.35. The summed E-state index contributed by atoms with van der Waals surface area (Å²) in [5.41, 5.74) is -0.0864. The number of nitrogens with zero attached hydrogens (tertiary/aromatic N) is 1. The number of hydrogen-bond acceptors (Lipinski definition) is 8. The van der Waals surface area contributed by atoms with E-state index in [2.05, 4.69) is 10.6 Å². The minimum Gasteiger partial charge on any atom is -0.477 e. The summed E-state index contributed by atoms with van der Waals surface area (Å²) in [5.74, 6) is -3.14. The molecule has 0 saturated carbocycles. The number of halogens is 2. The fourth-order valence-electron chi connectivity index (χ4n) is 3.66. The molecule has 1 aromatic carbocycles. The van der Waals surface area contributed by atoms with E-state index >= 15 is 0 Å². The molecular weight excluding hydrogens is 561 g/mol. The van der Waals surface area contributed by atoms with Crippen molar-refractivity contribution < 1.29 is 38.6 Å². The highest BCUT2D eigenvalue weighted by Crippen LogP contribution is 2.41. The lowest BCUT2D eigenvalue weighted by molar-refractivity contribution is -0.150. The van der Waals surface area contributed by atoms with Gasteiger partial charge in [-0.1, -0.05) is 35.3 Å². The molecule has 2 aliphatic rings. The van der Waals surface area contributed by atoms with Gasteiger partial charge in [-0.2, -0.15) is 0 Å². The van der Waals surface area contributed by atoms with Crippen LogP contribution < -0.4 is 10.6 Å². The van der Waals surface area contributed by atoms with Crippen LogP contribution in [0.25, 0.3) is 5.57 Å². The Morgan fingerprint density at radius 1 is 1.16 bits per heavy atom. The molecule has 2 heterocycles. The highest BCUT2D eigenvalue weighted by molar-refractivity contribution is 8.00. The number of carbonyl (C=O) groups is 5. The minimum absolute atomic E-state index is 0.117. The zero-order chi connectivity index (χ0) is 28.4. The van der Waals surface area contributed by atoms with Crippen molar-refractivity contribution in [1.82, 2.24) is 10.2 Å². The molecule has 204 valence electrons. The SMILES string of the molecule is CC(=O)OCC1=C(C(=O)O)N2C(=O)C(NC(=O)C(=C(Cl)Cl)c3ccc(NC(=O)OC(C)(C)C)cc3)[C@H]2SC1. The number of nitrogens with one attached hydrogen (secondary N) is 2. The number of benzene rings is 1. The number of esters is 1. The number of rotatable bonds is 7. The van der Waals surface area contributed by atoms with Crippen LogP contribution in [0.1, 0.15) is 33.3 Å². The summed E-state index contributed by atoms with van der Waals surface area (Å²) in [6.07, 6.45) is -0.655. The van der Waals surface area contributed by atoms with Crippen molar-refractivity contribution in [2.75, 3.05) is 17.7 Å². The first-order valence-corrected chi connectivity index (χ1v) is 13.0. The first kappa shape index (κ1) is 29.3. The van der Waals surface area contributed by atoms with Gasteiger partial charge in [-0.3, -0.25) is 24.6 Å². The number of anilines is 1. The number of β-lactam (4-membered cyclic amide) rings is 1. The number of hydrogen-bond donors (Lipinski definition) is 3. The van der Waals surface area contributed by atoms with Crippen LogP contribution in [0.4, 0.5) is 10.5 Å². The van der Waals surface area contributed by atoms with Crippen molar-refractivity contribution in [1.29, 1.82) is 0 Å². The van der Waals surface area contributed by atoms with Crippen LogP contribution >= 0.6 is 35.0 Å². The maximum Gasteiger partial charge on any atom is 0.412 e. The zero-order valence-electron chi connectivity index (χ0n) is 20.8. The lowest BCUT2D eigenvalue weighted by Crippen LogP contribution is -2.70. The highest BCUT2D eigenvalue weighted by Gasteiger charge is 2.54. The van der Waals surface area contributed by atoms with Gasteiger partial charge in [0.2, 0.25) is 0 Å². The lowest BCUT2D eigenvalue weighted by atomic mass is 10.0. The van der Waals surface area contributed by atoms with E-state index in [1.54, 1.807) is 20.8 Å². The second-order valence-corrected chi connectivity index (χ2v) is 11.3. The van der Waals surface area contributed by atoms with Gasteiger partial charge in [0.25, 0.3) is 11.8 Å². The van der Waals surface area contributed by atoms with Crippen LogP contribution in [0, 0.1) is 0 Å². The molecule has 11 nitrogen and oxygen atoms in total. The monoisotopic (exact) mass is 585 g/mol. The van der Waals surface area contributed by atoms with Gasteiger partial charge in [0.1, 0.15) is 33.8 Å². The number of carboxylic acid groups (broad SMARTS) is 1. The van der Waals surface area contributed by atoms with Crippen molar-refractivity contribution in [2.24, 2.45) is 0 Å². The van der Waals surface area contributed by atoms with E-state index in [-0.39, 0.29) is 33.7 Å². The van der Waals surface area contributed by atoms with E-state index in [1.165, 1.54) is 43.0 Å². The molecule has 3 rings (SSSR count). The first-order chi connectivity index (χ1) is 17.7. The van der Waals surface area contributed by atoms with Crippen molar-refractivity contribution in [3.05, 3.63) is 45.6 Å². The first-order valence-electron chi connectivity index (χ1n) is 11.2. The van der Waals surface area contributed by atoms with E-state index in [0.29, 0.717) is 11.3 Å². The average Bonchev–Trinajstić information content (AvgIpc) is 2.80. The second-order valence-electron chi connectivity index (χ2n) is 9.24. The third kappa shape index (κ3) is 6.80. The van der Waals surface area contributed by atoms with Gasteiger partial charge in [-0.05, 0) is 38.5 Å². The Labute approximate surface area is 232 Å². The van der Waals surface area contributed by atoms with Crippen molar-refractivity contribution in [3.8, 4) is 0 Å². The number of fused-ring (bicyclic) bond motifs is 1. The van der Waals surface area contributed by atoms with Gasteiger partial charge in [0.15, 0.2) is 0 Å². The highest BCUT2D eigenvalue weighted by atomic mass is 35.5. The molecule has 2 atom stereocenters. The number of aliphatic carboxylic acids is 1. The normalized spacial score (nSPS) is 18.6. The number of carbonyl (C=O) groups excluding carboxylic acids is 4. The molecule has 0 spiro atoms. The third-order valence-corrected chi connectivity index (χ3v) is 6.94. The molecule has 1 saturated heterocycles. The Hall–Kier alpha value is -3.22. The largest absolute Gasteiger partial charge is 0.477 e. The van der Waals surface area contributed by atoms with Crippen LogP contribution in [0.5, 0.6) is 0 Å². The van der Waals surface area contributed by atoms with Gasteiger partial charge < -0.3 is 19.9 Å². The van der Waals surface area contributed by atoms with E-state index in [1.807, 2.05) is 0 Å². The summed E-state index contributed by atoms with van der Waals surface area (Å²) in [6, 6.07) is 5.01. The molecule has 1 aromatic rings. The van der Waals surface area contributed by atoms with Crippen molar-refractivity contribution in [2.45, 2.75) is 44.7 Å². The lowest BCUT2D eigenvalue weighted by Gasteiger charge is -2.49. The van der Waals surface area contributed by atoms with Gasteiger partial charge in [-0.25, -0.2) is 9.59 Å². The van der Waals surface area contributed by atoms with Crippen LogP contribution in [-0.4, -0.2) is 69.2 Å². The topological polar surface area (TPSA) is 151 Å². The van der Waals surface area contributed by atoms with Crippen LogP contribution in [-0.2, 0) is 28.7 Å². The molecule has 3 amide bonds. The summed E-state index contributed by atoms with van der Waals surface area (Å²) >= 11 is 13.2. The van der Waals surface area contributed by atoms with E-state index in [0.717, 1.165) is 4.90 Å². The molecule has 2 aliphatic heterocycles. The molecule has 1 fully saturated rings. The Morgan fingerprint density at radius 2 is 1.79 bits per heavy atom. The molecule has 38 heavy (non-hydrogen) atoms. The molecule has 0 aromatic heterocycles. The summed E-state index contributed by atoms with van der Waals surface area (Å²) in [6.45, 7) is 6.12. The predicted octanol–water partition coefficient (Wildman–Crippen LogP) is 3.48. The maximum absolute atomic E-state index is 13.1. The maximum atomic E-state index is 13.1. The van der Waals surface area contributed by atoms with Crippen LogP contribution in [0.3, 0.4) is 0 Å². The summed E-state index contributed by atoms with van der Waals surface area (Å²) in [4.78, 5) is 62.0. The summed E-state index contributed by atoms with van der Waals surface area (Å²) < 4.78 is 9.75. The number of ether oxygens (including phenoxy) is 2. The van der Waals surface area contributed by atoms with E-state index < -0.39 is 46.9 Å². The summed E-state index contributed by atoms with van der Waals surface area (Å²) in [5, 5.41) is 14.1. The Bertz CT molecular complexity index is 1240. The van der Waals surface area contributed by atoms with Gasteiger partial charge in [0, 0.05) is 23.9 Å².